The number of amides is 1. The summed E-state index contributed by atoms with van der Waals surface area (Å²) in [5.74, 6) is -0.820. The van der Waals surface area contributed by atoms with Crippen molar-refractivity contribution >= 4 is 37.6 Å². The second-order valence-electron chi connectivity index (χ2n) is 7.22. The Kier molecular flexibility index (Phi) is 5.24. The highest BCUT2D eigenvalue weighted by molar-refractivity contribution is 7.94. The van der Waals surface area contributed by atoms with E-state index in [4.69, 9.17) is 0 Å². The fourth-order valence-electron chi connectivity index (χ4n) is 3.57. The highest BCUT2D eigenvalue weighted by Crippen LogP contribution is 2.29. The second-order valence-corrected chi connectivity index (χ2v) is 11.0. The molecule has 1 amide bonds. The van der Waals surface area contributed by atoms with E-state index in [1.54, 1.807) is 25.4 Å². The topological polar surface area (TPSA) is 121 Å². The molecule has 0 saturated carbocycles. The predicted molar refractivity (Wildman–Crippen MR) is 110 cm³/mol. The molecule has 3 heterocycles. The van der Waals surface area contributed by atoms with Crippen molar-refractivity contribution in [2.24, 2.45) is 5.92 Å². The van der Waals surface area contributed by atoms with Gasteiger partial charge in [-0.15, -0.1) is 0 Å². The van der Waals surface area contributed by atoms with Crippen LogP contribution in [0.1, 0.15) is 6.92 Å². The standard InChI is InChI=1S/C18H21N5O5S2/c1-14-13-29(25,26)23(17(14)24)15-3-5-16(6-4-15)30(27,28)22-11-9-21(10-12-22)18-19-7-2-8-20-18/h2-8,14H,9-13H2,1H3. The summed E-state index contributed by atoms with van der Waals surface area (Å²) in [4.78, 5) is 22.5. The maximum atomic E-state index is 13.0. The summed E-state index contributed by atoms with van der Waals surface area (Å²) in [7, 11) is -7.48. The van der Waals surface area contributed by atoms with Crippen molar-refractivity contribution in [2.75, 3.05) is 41.1 Å². The molecular formula is C18H21N5O5S2. The molecule has 10 nitrogen and oxygen atoms in total. The molecule has 0 bridgehead atoms. The van der Waals surface area contributed by atoms with Gasteiger partial charge in [0, 0.05) is 38.6 Å². The summed E-state index contributed by atoms with van der Waals surface area (Å²) in [6, 6.07) is 7.10. The summed E-state index contributed by atoms with van der Waals surface area (Å²) in [6.07, 6.45) is 3.28. The lowest BCUT2D eigenvalue weighted by Gasteiger charge is -2.33. The van der Waals surface area contributed by atoms with Crippen molar-refractivity contribution in [3.63, 3.8) is 0 Å². The molecule has 160 valence electrons. The van der Waals surface area contributed by atoms with Crippen molar-refractivity contribution in [2.45, 2.75) is 11.8 Å². The van der Waals surface area contributed by atoms with E-state index in [1.165, 1.54) is 28.6 Å². The Bertz CT molecular complexity index is 1150. The number of aromatic nitrogens is 2. The molecule has 1 aromatic heterocycles. The fourth-order valence-corrected chi connectivity index (χ4v) is 6.82. The molecule has 2 aliphatic rings. The van der Waals surface area contributed by atoms with Gasteiger partial charge in [-0.2, -0.15) is 4.31 Å². The zero-order valence-corrected chi connectivity index (χ0v) is 17.9. The van der Waals surface area contributed by atoms with Gasteiger partial charge in [0.2, 0.25) is 31.9 Å². The SMILES string of the molecule is CC1CS(=O)(=O)N(c2ccc(S(=O)(=O)N3CCN(c4ncccn4)CC3)cc2)C1=O. The van der Waals surface area contributed by atoms with Crippen molar-refractivity contribution in [1.29, 1.82) is 0 Å². The van der Waals surface area contributed by atoms with Gasteiger partial charge in [0.15, 0.2) is 0 Å². The minimum Gasteiger partial charge on any atom is -0.338 e. The molecule has 0 N–H and O–H groups in total. The quantitative estimate of drug-likeness (QED) is 0.651. The predicted octanol–water partition coefficient (Wildman–Crippen LogP) is 0.300. The number of nitrogens with zero attached hydrogens (tertiary/aromatic N) is 5. The van der Waals surface area contributed by atoms with E-state index >= 15 is 0 Å². The monoisotopic (exact) mass is 451 g/mol. The molecule has 2 saturated heterocycles. The molecule has 12 heteroatoms. The zero-order valence-electron chi connectivity index (χ0n) is 16.2. The number of sulfonamides is 2. The first-order valence-corrected chi connectivity index (χ1v) is 12.4. The highest BCUT2D eigenvalue weighted by Gasteiger charge is 2.42. The average Bonchev–Trinajstić information content (AvgIpc) is 2.95. The molecule has 30 heavy (non-hydrogen) atoms. The van der Waals surface area contributed by atoms with E-state index in [0.717, 1.165) is 4.31 Å². The lowest BCUT2D eigenvalue weighted by molar-refractivity contribution is -0.119. The molecule has 2 aromatic rings. The van der Waals surface area contributed by atoms with Crippen molar-refractivity contribution in [3.05, 3.63) is 42.7 Å². The Morgan fingerprint density at radius 2 is 1.60 bits per heavy atom. The van der Waals surface area contributed by atoms with E-state index in [9.17, 15) is 21.6 Å². The summed E-state index contributed by atoms with van der Waals surface area (Å²) < 4.78 is 52.5. The molecule has 1 aromatic carbocycles. The van der Waals surface area contributed by atoms with Crippen LogP contribution in [0.25, 0.3) is 0 Å². The van der Waals surface area contributed by atoms with Gasteiger partial charge in [-0.1, -0.05) is 6.92 Å². The molecular weight excluding hydrogens is 430 g/mol. The van der Waals surface area contributed by atoms with Crippen LogP contribution in [0.3, 0.4) is 0 Å². The number of carbonyl (C=O) groups excluding carboxylic acids is 1. The van der Waals surface area contributed by atoms with E-state index in [1.807, 2.05) is 4.90 Å². The molecule has 1 atom stereocenters. The van der Waals surface area contributed by atoms with Gasteiger partial charge in [0.25, 0.3) is 0 Å². The third-order valence-electron chi connectivity index (χ3n) is 5.14. The largest absolute Gasteiger partial charge is 0.338 e. The van der Waals surface area contributed by atoms with Gasteiger partial charge >= 0.3 is 0 Å². The number of anilines is 2. The van der Waals surface area contributed by atoms with Gasteiger partial charge in [-0.3, -0.25) is 4.79 Å². The third-order valence-corrected chi connectivity index (χ3v) is 8.92. The first kappa shape index (κ1) is 20.7. The van der Waals surface area contributed by atoms with Gasteiger partial charge in [-0.05, 0) is 30.3 Å². The first-order valence-electron chi connectivity index (χ1n) is 9.39. The van der Waals surface area contributed by atoms with Crippen molar-refractivity contribution < 1.29 is 21.6 Å². The van der Waals surface area contributed by atoms with Gasteiger partial charge < -0.3 is 4.90 Å². The van der Waals surface area contributed by atoms with Crippen LogP contribution in [0.2, 0.25) is 0 Å². The molecule has 0 spiro atoms. The number of hydrogen-bond acceptors (Lipinski definition) is 8. The lowest BCUT2D eigenvalue weighted by atomic mass is 10.2. The van der Waals surface area contributed by atoms with Gasteiger partial charge in [0.1, 0.15) is 0 Å². The highest BCUT2D eigenvalue weighted by atomic mass is 32.2. The van der Waals surface area contributed by atoms with Crippen molar-refractivity contribution in [1.82, 2.24) is 14.3 Å². The Balaban J connectivity index is 1.50. The Morgan fingerprint density at radius 1 is 1.00 bits per heavy atom. The lowest BCUT2D eigenvalue weighted by Crippen LogP contribution is -2.49. The molecule has 0 aliphatic carbocycles. The van der Waals surface area contributed by atoms with Crippen LogP contribution in [-0.2, 0) is 24.8 Å². The number of piperazine rings is 1. The minimum absolute atomic E-state index is 0.0488. The average molecular weight is 452 g/mol. The van der Waals surface area contributed by atoms with Crippen molar-refractivity contribution in [3.8, 4) is 0 Å². The minimum atomic E-state index is -3.75. The first-order chi connectivity index (χ1) is 14.2. The smallest absolute Gasteiger partial charge is 0.244 e. The fraction of sp³-hybridized carbons (Fsp3) is 0.389. The molecule has 4 rings (SSSR count). The molecule has 2 fully saturated rings. The normalized spacial score (nSPS) is 22.4. The number of hydrogen-bond donors (Lipinski definition) is 0. The maximum absolute atomic E-state index is 13.0. The summed E-state index contributed by atoms with van der Waals surface area (Å²) in [5.41, 5.74) is 0.148. The summed E-state index contributed by atoms with van der Waals surface area (Å²) >= 11 is 0. The van der Waals surface area contributed by atoms with Crippen LogP contribution in [0.5, 0.6) is 0 Å². The van der Waals surface area contributed by atoms with Crippen LogP contribution in [-0.4, -0.2) is 68.9 Å². The Labute approximate surface area is 175 Å². The van der Waals surface area contributed by atoms with E-state index in [0.29, 0.717) is 19.0 Å². The van der Waals surface area contributed by atoms with Crippen LogP contribution in [0.4, 0.5) is 11.6 Å². The van der Waals surface area contributed by atoms with Crippen LogP contribution >= 0.6 is 0 Å². The van der Waals surface area contributed by atoms with E-state index in [2.05, 4.69) is 9.97 Å². The summed E-state index contributed by atoms with van der Waals surface area (Å²) in [5, 5.41) is 0. The molecule has 0 radical (unpaired) electrons. The maximum Gasteiger partial charge on any atom is 0.244 e. The molecule has 2 aliphatic heterocycles. The van der Waals surface area contributed by atoms with Gasteiger partial charge in [0.05, 0.1) is 22.3 Å². The zero-order chi connectivity index (χ0) is 21.5. The summed E-state index contributed by atoms with van der Waals surface area (Å²) in [6.45, 7) is 3.02. The third kappa shape index (κ3) is 3.66. The van der Waals surface area contributed by atoms with Gasteiger partial charge in [-0.25, -0.2) is 31.1 Å². The van der Waals surface area contributed by atoms with E-state index < -0.39 is 31.9 Å². The Morgan fingerprint density at radius 3 is 2.13 bits per heavy atom. The number of rotatable bonds is 4. The molecule has 1 unspecified atom stereocenters. The number of benzene rings is 1. The van der Waals surface area contributed by atoms with Crippen LogP contribution < -0.4 is 9.21 Å². The van der Waals surface area contributed by atoms with Crippen LogP contribution in [0.15, 0.2) is 47.6 Å². The Hall–Kier alpha value is -2.57. The number of carbonyl (C=O) groups is 1. The van der Waals surface area contributed by atoms with Crippen LogP contribution in [0, 0.1) is 5.92 Å². The second kappa shape index (κ2) is 7.60. The van der Waals surface area contributed by atoms with E-state index in [-0.39, 0.29) is 29.4 Å².